The van der Waals surface area contributed by atoms with E-state index in [1.54, 1.807) is 0 Å². The zero-order valence-corrected chi connectivity index (χ0v) is 20.5. The number of rotatable bonds is 7. The van der Waals surface area contributed by atoms with Crippen LogP contribution in [0.2, 0.25) is 0 Å². The number of ether oxygens (including phenoxy) is 1. The second kappa shape index (κ2) is 9.40. The Bertz CT molecular complexity index is 1080. The number of esters is 1. The summed E-state index contributed by atoms with van der Waals surface area (Å²) in [5.74, 6) is -0.287. The fourth-order valence-electron chi connectivity index (χ4n) is 4.24. The van der Waals surface area contributed by atoms with E-state index in [9.17, 15) is 4.79 Å². The van der Waals surface area contributed by atoms with Crippen molar-refractivity contribution in [2.24, 2.45) is 0 Å². The minimum absolute atomic E-state index is 0.287. The Labute approximate surface area is 197 Å². The number of benzene rings is 4. The molecular formula is C28H26BrO2P. The van der Waals surface area contributed by atoms with Crippen LogP contribution in [0.5, 0.6) is 0 Å². The normalized spacial score (nSPS) is 12.5. The second-order valence-electron chi connectivity index (χ2n) is 7.76. The third-order valence-corrected chi connectivity index (χ3v) is 15.3. The van der Waals surface area contributed by atoms with Crippen LogP contribution in [-0.2, 0) is 10.9 Å². The van der Waals surface area contributed by atoms with Crippen LogP contribution in [0.4, 0.5) is 0 Å². The molecule has 0 aliphatic carbocycles. The van der Waals surface area contributed by atoms with Crippen molar-refractivity contribution in [2.75, 3.05) is 6.61 Å². The van der Waals surface area contributed by atoms with Gasteiger partial charge in [-0.2, -0.15) is 0 Å². The molecule has 2 nitrogen and oxygen atoms in total. The Morgan fingerprint density at radius 1 is 0.688 bits per heavy atom. The summed E-state index contributed by atoms with van der Waals surface area (Å²) >= 11 is 4.47. The minimum atomic E-state index is -3.05. The van der Waals surface area contributed by atoms with E-state index < -0.39 is 5.31 Å². The number of carbonyl (C=O) groups is 1. The van der Waals surface area contributed by atoms with E-state index in [1.807, 2.05) is 31.2 Å². The first kappa shape index (κ1) is 22.5. The van der Waals surface area contributed by atoms with Crippen LogP contribution in [0, 0.1) is 0 Å². The summed E-state index contributed by atoms with van der Waals surface area (Å²) in [5, 5.41) is 0.761. The summed E-state index contributed by atoms with van der Waals surface area (Å²) < 4.78 is 5.16. The monoisotopic (exact) mass is 504 g/mol. The van der Waals surface area contributed by atoms with Gasteiger partial charge in [-0.1, -0.05) is 0 Å². The van der Waals surface area contributed by atoms with Gasteiger partial charge in [-0.3, -0.25) is 0 Å². The first-order valence-electron chi connectivity index (χ1n) is 10.7. The van der Waals surface area contributed by atoms with Crippen LogP contribution in [0.25, 0.3) is 0 Å². The van der Waals surface area contributed by atoms with Gasteiger partial charge in [0, 0.05) is 0 Å². The fraction of sp³-hybridized carbons (Fsp3) is 0.107. The molecule has 0 saturated carbocycles. The van der Waals surface area contributed by atoms with Gasteiger partial charge in [0.15, 0.2) is 0 Å². The molecule has 0 aliphatic rings. The van der Waals surface area contributed by atoms with E-state index in [4.69, 9.17) is 4.74 Å². The van der Waals surface area contributed by atoms with Crippen molar-refractivity contribution >= 4 is 42.7 Å². The van der Waals surface area contributed by atoms with Crippen molar-refractivity contribution < 1.29 is 9.53 Å². The van der Waals surface area contributed by atoms with Gasteiger partial charge in [-0.15, -0.1) is 0 Å². The van der Waals surface area contributed by atoms with Gasteiger partial charge in [-0.25, -0.2) is 0 Å². The van der Waals surface area contributed by atoms with Gasteiger partial charge in [0.05, 0.1) is 0 Å². The summed E-state index contributed by atoms with van der Waals surface area (Å²) in [6, 6.07) is 39.9. The molecule has 0 bridgehead atoms. The van der Waals surface area contributed by atoms with E-state index >= 15 is 0 Å². The molecule has 0 radical (unpaired) electrons. The fourth-order valence-corrected chi connectivity index (χ4v) is 12.0. The van der Waals surface area contributed by atoms with Crippen molar-refractivity contribution in [3.05, 3.63) is 126 Å². The average Bonchev–Trinajstić information content (AvgIpc) is 2.86. The van der Waals surface area contributed by atoms with Crippen molar-refractivity contribution in [3.63, 3.8) is 0 Å². The Balaban J connectivity index is 1.93. The summed E-state index contributed by atoms with van der Waals surface area (Å²) in [6.45, 7) is 2.19. The quantitative estimate of drug-likeness (QED) is 0.221. The summed E-state index contributed by atoms with van der Waals surface area (Å²) in [5.41, 5.74) is 1.73. The molecule has 0 heterocycles. The van der Waals surface area contributed by atoms with Crippen LogP contribution in [0.15, 0.2) is 115 Å². The predicted molar refractivity (Wildman–Crippen MR) is 140 cm³/mol. The number of hydrogen-bond donors (Lipinski definition) is 0. The maximum absolute atomic E-state index is 12.1. The average molecular weight is 505 g/mol. The first-order valence-corrected chi connectivity index (χ1v) is 15.2. The molecule has 0 amide bonds. The van der Waals surface area contributed by atoms with Gasteiger partial charge in [0.25, 0.3) is 0 Å². The van der Waals surface area contributed by atoms with E-state index in [0.717, 1.165) is 11.7 Å². The van der Waals surface area contributed by atoms with Gasteiger partial charge in [0.2, 0.25) is 0 Å². The predicted octanol–water partition coefficient (Wildman–Crippen LogP) is 6.20. The van der Waals surface area contributed by atoms with Crippen molar-refractivity contribution in [2.45, 2.75) is 13.1 Å². The zero-order valence-electron chi connectivity index (χ0n) is 18.0. The van der Waals surface area contributed by atoms with Crippen LogP contribution in [0.1, 0.15) is 22.8 Å². The second-order valence-corrected chi connectivity index (χ2v) is 16.7. The summed E-state index contributed by atoms with van der Waals surface area (Å²) in [7, 11) is 0. The molecule has 0 N–H and O–H groups in total. The van der Waals surface area contributed by atoms with Crippen LogP contribution < -0.4 is 15.9 Å². The molecule has 32 heavy (non-hydrogen) atoms. The van der Waals surface area contributed by atoms with Crippen molar-refractivity contribution in [3.8, 4) is 0 Å². The van der Waals surface area contributed by atoms with E-state index in [-0.39, 0.29) is 5.97 Å². The molecule has 0 spiro atoms. The summed E-state index contributed by atoms with van der Waals surface area (Å²) in [6.07, 6.45) is 0.784. The van der Waals surface area contributed by atoms with E-state index in [2.05, 4.69) is 106 Å². The molecule has 0 aromatic heterocycles. The van der Waals surface area contributed by atoms with Crippen molar-refractivity contribution in [1.82, 2.24) is 0 Å². The van der Waals surface area contributed by atoms with Gasteiger partial charge >= 0.3 is 198 Å². The molecule has 0 saturated heterocycles. The SMILES string of the molecule is CCOC(=O)c1ccc(CP(Br)(c2ccccc2)(c2ccccc2)c2ccccc2)cc1. The Morgan fingerprint density at radius 2 is 1.09 bits per heavy atom. The maximum atomic E-state index is 12.1. The third kappa shape index (κ3) is 4.03. The van der Waals surface area contributed by atoms with Crippen LogP contribution in [-0.4, -0.2) is 12.6 Å². The molecule has 0 unspecified atom stereocenters. The number of halogens is 1. The zero-order chi connectivity index (χ0) is 22.5. The standard InChI is InChI=1S/C28H26BrO2P/c1-2-31-28(30)24-20-18-23(19-21-24)22-32(29,25-12-6-3-7-13-25,26-14-8-4-9-15-26)27-16-10-5-11-17-27/h3-21H,2,22H2,1H3. The molecule has 0 aliphatic heterocycles. The molecular weight excluding hydrogens is 479 g/mol. The Morgan fingerprint density at radius 3 is 1.47 bits per heavy atom. The topological polar surface area (TPSA) is 26.3 Å². The molecule has 0 fully saturated rings. The Kier molecular flexibility index (Phi) is 6.60. The molecule has 4 rings (SSSR count). The molecule has 0 atom stereocenters. The Hall–Kier alpha value is -2.74. The van der Waals surface area contributed by atoms with Crippen LogP contribution in [0.3, 0.4) is 0 Å². The van der Waals surface area contributed by atoms with E-state index in [0.29, 0.717) is 12.2 Å². The summed E-state index contributed by atoms with van der Waals surface area (Å²) in [4.78, 5) is 12.1. The van der Waals surface area contributed by atoms with Crippen LogP contribution >= 0.6 is 20.8 Å². The van der Waals surface area contributed by atoms with Gasteiger partial charge < -0.3 is 0 Å². The third-order valence-electron chi connectivity index (χ3n) is 5.83. The first-order chi connectivity index (χ1) is 15.6. The number of carbonyl (C=O) groups excluding carboxylic acids is 1. The van der Waals surface area contributed by atoms with Gasteiger partial charge in [-0.05, 0) is 0 Å². The molecule has 4 aromatic carbocycles. The number of hydrogen-bond acceptors (Lipinski definition) is 2. The molecule has 4 aromatic rings. The van der Waals surface area contributed by atoms with E-state index in [1.165, 1.54) is 15.9 Å². The molecule has 4 heteroatoms. The van der Waals surface area contributed by atoms with Crippen molar-refractivity contribution in [1.29, 1.82) is 0 Å². The molecule has 162 valence electrons. The van der Waals surface area contributed by atoms with Gasteiger partial charge in [0.1, 0.15) is 0 Å².